The molecule has 0 saturated heterocycles. The summed E-state index contributed by atoms with van der Waals surface area (Å²) in [5, 5.41) is 3.58. The summed E-state index contributed by atoms with van der Waals surface area (Å²) in [6.07, 6.45) is 6.75. The number of benzene rings is 1. The third kappa shape index (κ3) is 2.79. The van der Waals surface area contributed by atoms with E-state index in [9.17, 15) is 0 Å². The minimum Gasteiger partial charge on any atom is -0.313 e. The highest BCUT2D eigenvalue weighted by Gasteiger charge is 2.46. The fraction of sp³-hybridized carbons (Fsp3) is 0.556. The van der Waals surface area contributed by atoms with Crippen molar-refractivity contribution < 1.29 is 0 Å². The van der Waals surface area contributed by atoms with Crippen LogP contribution < -0.4 is 5.32 Å². The van der Waals surface area contributed by atoms with E-state index in [1.54, 1.807) is 5.57 Å². The topological polar surface area (TPSA) is 15.3 Å². The van der Waals surface area contributed by atoms with Crippen LogP contribution in [-0.2, 0) is 0 Å². The molecule has 3 rings (SSSR count). The van der Waals surface area contributed by atoms with Crippen molar-refractivity contribution in [3.05, 3.63) is 41.5 Å². The average Bonchev–Trinajstić information content (AvgIpc) is 2.80. The van der Waals surface area contributed by atoms with E-state index in [2.05, 4.69) is 53.9 Å². The first-order chi connectivity index (χ1) is 10.3. The van der Waals surface area contributed by atoms with E-state index in [1.165, 1.54) is 42.6 Å². The zero-order chi connectivity index (χ0) is 14.7. The quantitative estimate of drug-likeness (QED) is 0.835. The molecule has 1 aliphatic heterocycles. The third-order valence-corrected chi connectivity index (χ3v) is 6.22. The van der Waals surface area contributed by atoms with Gasteiger partial charge >= 0.3 is 0 Å². The SMILES string of the molecule is CCNCC1=C(c2ccccc2)SN(C)C12CCCCC2. The van der Waals surface area contributed by atoms with Gasteiger partial charge in [-0.15, -0.1) is 0 Å². The summed E-state index contributed by atoms with van der Waals surface area (Å²) in [4.78, 5) is 1.49. The van der Waals surface area contributed by atoms with Crippen molar-refractivity contribution in [2.75, 3.05) is 20.1 Å². The molecule has 114 valence electrons. The summed E-state index contributed by atoms with van der Waals surface area (Å²) in [6.45, 7) is 4.26. The number of hydrogen-bond acceptors (Lipinski definition) is 3. The van der Waals surface area contributed by atoms with Gasteiger partial charge in [-0.1, -0.05) is 56.5 Å². The predicted molar refractivity (Wildman–Crippen MR) is 93.1 cm³/mol. The molecule has 1 N–H and O–H groups in total. The molecule has 0 aromatic heterocycles. The van der Waals surface area contributed by atoms with Crippen LogP contribution in [0.2, 0.25) is 0 Å². The van der Waals surface area contributed by atoms with Gasteiger partial charge in [-0.05, 0) is 49.5 Å². The number of nitrogens with zero attached hydrogens (tertiary/aromatic N) is 1. The van der Waals surface area contributed by atoms with Gasteiger partial charge in [-0.25, -0.2) is 4.31 Å². The highest BCUT2D eigenvalue weighted by Crippen LogP contribution is 2.53. The maximum absolute atomic E-state index is 3.58. The van der Waals surface area contributed by atoms with E-state index in [0.29, 0.717) is 0 Å². The molecule has 2 nitrogen and oxygen atoms in total. The summed E-state index contributed by atoms with van der Waals surface area (Å²) >= 11 is 1.96. The standard InChI is InChI=1S/C18H26N2S/c1-3-19-14-16-17(15-10-6-4-7-11-15)21-20(2)18(16)12-8-5-9-13-18/h4,6-7,10-11,19H,3,5,8-9,12-14H2,1-2H3. The van der Waals surface area contributed by atoms with Crippen molar-refractivity contribution in [3.8, 4) is 0 Å². The Morgan fingerprint density at radius 1 is 1.14 bits per heavy atom. The van der Waals surface area contributed by atoms with Crippen LogP contribution in [-0.4, -0.2) is 30.0 Å². The van der Waals surface area contributed by atoms with Gasteiger partial charge in [0.15, 0.2) is 0 Å². The molecule has 21 heavy (non-hydrogen) atoms. The first-order valence-electron chi connectivity index (χ1n) is 8.19. The van der Waals surface area contributed by atoms with Crippen LogP contribution in [0.15, 0.2) is 35.9 Å². The maximum Gasteiger partial charge on any atom is 0.0548 e. The Bertz CT molecular complexity index is 503. The molecule has 0 unspecified atom stereocenters. The first-order valence-corrected chi connectivity index (χ1v) is 8.97. The van der Waals surface area contributed by atoms with E-state index in [0.717, 1.165) is 13.1 Å². The molecule has 3 heteroatoms. The van der Waals surface area contributed by atoms with E-state index in [1.807, 2.05) is 11.9 Å². The number of nitrogens with one attached hydrogen (secondary N) is 1. The van der Waals surface area contributed by atoms with E-state index >= 15 is 0 Å². The summed E-state index contributed by atoms with van der Waals surface area (Å²) in [5.74, 6) is 0. The van der Waals surface area contributed by atoms with Crippen LogP contribution in [0.5, 0.6) is 0 Å². The molecule has 1 fully saturated rings. The van der Waals surface area contributed by atoms with Gasteiger partial charge < -0.3 is 5.32 Å². The highest BCUT2D eigenvalue weighted by molar-refractivity contribution is 8.06. The molecule has 0 amide bonds. The molecule has 1 heterocycles. The Labute approximate surface area is 133 Å². The summed E-state index contributed by atoms with van der Waals surface area (Å²) in [5.41, 5.74) is 3.29. The fourth-order valence-corrected chi connectivity index (χ4v) is 5.10. The van der Waals surface area contributed by atoms with Crippen molar-refractivity contribution in [1.29, 1.82) is 0 Å². The van der Waals surface area contributed by atoms with Crippen molar-refractivity contribution in [1.82, 2.24) is 9.62 Å². The lowest BCUT2D eigenvalue weighted by Crippen LogP contribution is -2.45. The zero-order valence-corrected chi connectivity index (χ0v) is 14.0. The second-order valence-electron chi connectivity index (χ2n) is 6.14. The Balaban J connectivity index is 2.01. The Morgan fingerprint density at radius 2 is 1.86 bits per heavy atom. The predicted octanol–water partition coefficient (Wildman–Crippen LogP) is 4.30. The van der Waals surface area contributed by atoms with E-state index < -0.39 is 0 Å². The van der Waals surface area contributed by atoms with Gasteiger partial charge in [0.05, 0.1) is 5.54 Å². The minimum absolute atomic E-state index is 0.288. The number of likely N-dealkylation sites (N-methyl/N-ethyl adjacent to an activating group) is 2. The van der Waals surface area contributed by atoms with Crippen molar-refractivity contribution in [2.45, 2.75) is 44.6 Å². The molecule has 0 bridgehead atoms. The van der Waals surface area contributed by atoms with Crippen molar-refractivity contribution in [3.63, 3.8) is 0 Å². The normalized spacial score (nSPS) is 22.2. The monoisotopic (exact) mass is 302 g/mol. The Hall–Kier alpha value is -0.770. The van der Waals surface area contributed by atoms with Crippen LogP contribution in [0, 0.1) is 0 Å². The number of rotatable bonds is 4. The lowest BCUT2D eigenvalue weighted by molar-refractivity contribution is 0.208. The molecular formula is C18H26N2S. The molecule has 1 aromatic rings. The van der Waals surface area contributed by atoms with Crippen LogP contribution in [0.4, 0.5) is 0 Å². The largest absolute Gasteiger partial charge is 0.313 e. The molecule has 1 aliphatic carbocycles. The van der Waals surface area contributed by atoms with Gasteiger partial charge in [-0.2, -0.15) is 0 Å². The summed E-state index contributed by atoms with van der Waals surface area (Å²) < 4.78 is 2.54. The van der Waals surface area contributed by atoms with Crippen molar-refractivity contribution in [2.24, 2.45) is 0 Å². The molecule has 1 spiro atoms. The Morgan fingerprint density at radius 3 is 2.52 bits per heavy atom. The van der Waals surface area contributed by atoms with E-state index in [4.69, 9.17) is 0 Å². The second kappa shape index (κ2) is 6.55. The van der Waals surface area contributed by atoms with Crippen LogP contribution in [0.25, 0.3) is 4.91 Å². The molecule has 1 saturated carbocycles. The van der Waals surface area contributed by atoms with Crippen molar-refractivity contribution >= 4 is 16.9 Å². The minimum atomic E-state index is 0.288. The van der Waals surface area contributed by atoms with E-state index in [-0.39, 0.29) is 5.54 Å². The highest BCUT2D eigenvalue weighted by atomic mass is 32.2. The van der Waals surface area contributed by atoms with Gasteiger partial charge in [0.25, 0.3) is 0 Å². The second-order valence-corrected chi connectivity index (χ2v) is 7.27. The molecule has 0 atom stereocenters. The van der Waals surface area contributed by atoms with Gasteiger partial charge in [0, 0.05) is 11.4 Å². The average molecular weight is 302 g/mol. The lowest BCUT2D eigenvalue weighted by Gasteiger charge is -2.41. The summed E-state index contributed by atoms with van der Waals surface area (Å²) in [7, 11) is 2.29. The molecule has 1 aromatic carbocycles. The van der Waals surface area contributed by atoms with Crippen LogP contribution in [0.1, 0.15) is 44.6 Å². The smallest absolute Gasteiger partial charge is 0.0548 e. The van der Waals surface area contributed by atoms with Gasteiger partial charge in [0.1, 0.15) is 0 Å². The first kappa shape index (κ1) is 15.1. The lowest BCUT2D eigenvalue weighted by atomic mass is 9.75. The molecular weight excluding hydrogens is 276 g/mol. The number of hydrogen-bond donors (Lipinski definition) is 1. The molecule has 2 aliphatic rings. The van der Waals surface area contributed by atoms with Gasteiger partial charge in [-0.3, -0.25) is 0 Å². The summed E-state index contributed by atoms with van der Waals surface area (Å²) in [6, 6.07) is 10.9. The fourth-order valence-electron chi connectivity index (χ4n) is 3.75. The van der Waals surface area contributed by atoms with Crippen LogP contribution in [0.3, 0.4) is 0 Å². The maximum atomic E-state index is 3.58. The molecule has 0 radical (unpaired) electrons. The zero-order valence-electron chi connectivity index (χ0n) is 13.2. The van der Waals surface area contributed by atoms with Crippen LogP contribution >= 0.6 is 11.9 Å². The third-order valence-electron chi connectivity index (χ3n) is 4.94. The Kier molecular flexibility index (Phi) is 4.72. The van der Waals surface area contributed by atoms with Gasteiger partial charge in [0.2, 0.25) is 0 Å².